The average molecular weight is 308 g/mol. The zero-order valence-electron chi connectivity index (χ0n) is 14.1. The van der Waals surface area contributed by atoms with E-state index in [-0.39, 0.29) is 11.9 Å². The van der Waals surface area contributed by atoms with Crippen molar-refractivity contribution in [1.29, 1.82) is 0 Å². The first-order valence-corrected chi connectivity index (χ1v) is 8.29. The number of aryl methyl sites for hydroxylation is 4. The molecular formula is C20H24N2O. The molecule has 2 N–H and O–H groups in total. The molecule has 0 bridgehead atoms. The van der Waals surface area contributed by atoms with Gasteiger partial charge in [0.15, 0.2) is 0 Å². The molecule has 1 aliphatic carbocycles. The van der Waals surface area contributed by atoms with Gasteiger partial charge in [0.25, 0.3) is 0 Å². The highest BCUT2D eigenvalue weighted by atomic mass is 16.2. The second-order valence-corrected chi connectivity index (χ2v) is 6.51. The number of carbonyl (C=O) groups excluding carboxylic acids is 1. The van der Waals surface area contributed by atoms with E-state index in [1.54, 1.807) is 0 Å². The number of hydrogen-bond donors (Lipinski definition) is 2. The van der Waals surface area contributed by atoms with E-state index in [0.29, 0.717) is 0 Å². The number of benzene rings is 2. The molecule has 1 aliphatic rings. The van der Waals surface area contributed by atoms with Crippen LogP contribution in [0.5, 0.6) is 0 Å². The first-order valence-electron chi connectivity index (χ1n) is 8.29. The lowest BCUT2D eigenvalue weighted by Gasteiger charge is -2.17. The van der Waals surface area contributed by atoms with Crippen LogP contribution in [0.2, 0.25) is 0 Å². The molecule has 0 unspecified atom stereocenters. The topological polar surface area (TPSA) is 41.1 Å². The number of amides is 1. The fourth-order valence-corrected chi connectivity index (χ4v) is 3.09. The van der Waals surface area contributed by atoms with Crippen LogP contribution in [0.3, 0.4) is 0 Å². The molecule has 120 valence electrons. The van der Waals surface area contributed by atoms with Crippen LogP contribution in [-0.4, -0.2) is 11.9 Å². The molecule has 2 aromatic rings. The van der Waals surface area contributed by atoms with Crippen molar-refractivity contribution in [1.82, 2.24) is 0 Å². The van der Waals surface area contributed by atoms with Gasteiger partial charge in [-0.2, -0.15) is 0 Å². The Bertz CT molecular complexity index is 736. The van der Waals surface area contributed by atoms with Crippen LogP contribution in [0.1, 0.15) is 35.6 Å². The molecule has 3 nitrogen and oxygen atoms in total. The predicted octanol–water partition coefficient (Wildman–Crippen LogP) is 4.23. The lowest BCUT2D eigenvalue weighted by Crippen LogP contribution is -2.32. The van der Waals surface area contributed by atoms with Crippen LogP contribution in [-0.2, 0) is 17.6 Å². The SMILES string of the molecule is Cc1ccc(C)c(NC(=O)[C@@H](C)Nc2ccc3c(c2)CCC3)c1. The molecule has 0 fully saturated rings. The molecule has 0 saturated carbocycles. The molecule has 0 spiro atoms. The van der Waals surface area contributed by atoms with Crippen LogP contribution in [0.25, 0.3) is 0 Å². The summed E-state index contributed by atoms with van der Waals surface area (Å²) in [6, 6.07) is 12.3. The summed E-state index contributed by atoms with van der Waals surface area (Å²) < 4.78 is 0. The van der Waals surface area contributed by atoms with Crippen molar-refractivity contribution in [3.63, 3.8) is 0 Å². The van der Waals surface area contributed by atoms with Crippen molar-refractivity contribution in [2.75, 3.05) is 10.6 Å². The average Bonchev–Trinajstić information content (AvgIpc) is 2.98. The Kier molecular flexibility index (Phi) is 4.37. The predicted molar refractivity (Wildman–Crippen MR) is 96.1 cm³/mol. The minimum Gasteiger partial charge on any atom is -0.374 e. The third-order valence-electron chi connectivity index (χ3n) is 4.53. The summed E-state index contributed by atoms with van der Waals surface area (Å²) >= 11 is 0. The van der Waals surface area contributed by atoms with Crippen LogP contribution in [0, 0.1) is 13.8 Å². The van der Waals surface area contributed by atoms with Crippen molar-refractivity contribution >= 4 is 17.3 Å². The Hall–Kier alpha value is -2.29. The van der Waals surface area contributed by atoms with E-state index < -0.39 is 0 Å². The monoisotopic (exact) mass is 308 g/mol. The van der Waals surface area contributed by atoms with E-state index in [0.717, 1.165) is 28.9 Å². The van der Waals surface area contributed by atoms with Gasteiger partial charge in [0.2, 0.25) is 5.91 Å². The first kappa shape index (κ1) is 15.6. The van der Waals surface area contributed by atoms with Gasteiger partial charge < -0.3 is 10.6 Å². The Balaban J connectivity index is 1.67. The molecule has 0 radical (unpaired) electrons. The number of rotatable bonds is 4. The maximum atomic E-state index is 12.4. The smallest absolute Gasteiger partial charge is 0.246 e. The fourth-order valence-electron chi connectivity index (χ4n) is 3.09. The number of anilines is 2. The minimum absolute atomic E-state index is 0.0146. The standard InChI is InChI=1S/C20H24N2O/c1-13-7-8-14(2)19(11-13)22-20(23)15(3)21-18-10-9-16-5-4-6-17(16)12-18/h7-12,15,21H,4-6H2,1-3H3,(H,22,23)/t15-/m1/s1. The van der Waals surface area contributed by atoms with Crippen LogP contribution >= 0.6 is 0 Å². The molecule has 0 aromatic heterocycles. The largest absolute Gasteiger partial charge is 0.374 e. The molecule has 1 amide bonds. The van der Waals surface area contributed by atoms with Gasteiger partial charge in [-0.1, -0.05) is 18.2 Å². The Labute approximate surface area is 138 Å². The summed E-state index contributed by atoms with van der Waals surface area (Å²) in [5.74, 6) is -0.0146. The zero-order chi connectivity index (χ0) is 16.4. The Morgan fingerprint density at radius 2 is 1.83 bits per heavy atom. The van der Waals surface area contributed by atoms with Crippen LogP contribution in [0.4, 0.5) is 11.4 Å². The van der Waals surface area contributed by atoms with Crippen LogP contribution in [0.15, 0.2) is 36.4 Å². The van der Waals surface area contributed by atoms with Gasteiger partial charge in [-0.3, -0.25) is 4.79 Å². The van der Waals surface area contributed by atoms with Crippen molar-refractivity contribution < 1.29 is 4.79 Å². The third kappa shape index (κ3) is 3.55. The second-order valence-electron chi connectivity index (χ2n) is 6.51. The van der Waals surface area contributed by atoms with Crippen LogP contribution < -0.4 is 10.6 Å². The van der Waals surface area contributed by atoms with Gasteiger partial charge in [-0.25, -0.2) is 0 Å². The summed E-state index contributed by atoms with van der Waals surface area (Å²) in [4.78, 5) is 12.4. The van der Waals surface area contributed by atoms with Gasteiger partial charge in [-0.05, 0) is 80.5 Å². The number of nitrogens with one attached hydrogen (secondary N) is 2. The number of carbonyl (C=O) groups is 1. The van der Waals surface area contributed by atoms with Crippen molar-refractivity contribution in [2.24, 2.45) is 0 Å². The third-order valence-corrected chi connectivity index (χ3v) is 4.53. The van der Waals surface area contributed by atoms with E-state index in [4.69, 9.17) is 0 Å². The first-order chi connectivity index (χ1) is 11.0. The lowest BCUT2D eigenvalue weighted by atomic mass is 10.1. The summed E-state index contributed by atoms with van der Waals surface area (Å²) in [6.07, 6.45) is 3.56. The molecule has 23 heavy (non-hydrogen) atoms. The van der Waals surface area contributed by atoms with Crippen molar-refractivity contribution in [3.8, 4) is 0 Å². The molecule has 0 aliphatic heterocycles. The van der Waals surface area contributed by atoms with E-state index in [1.807, 2.05) is 32.9 Å². The maximum Gasteiger partial charge on any atom is 0.246 e. The highest BCUT2D eigenvalue weighted by Crippen LogP contribution is 2.25. The minimum atomic E-state index is -0.283. The van der Waals surface area contributed by atoms with Gasteiger partial charge in [0.1, 0.15) is 6.04 Å². The van der Waals surface area contributed by atoms with Gasteiger partial charge in [0, 0.05) is 11.4 Å². The zero-order valence-corrected chi connectivity index (χ0v) is 14.1. The summed E-state index contributed by atoms with van der Waals surface area (Å²) in [7, 11) is 0. The molecule has 0 heterocycles. The normalized spacial score (nSPS) is 14.2. The van der Waals surface area contributed by atoms with Crippen molar-refractivity contribution in [3.05, 3.63) is 58.7 Å². The molecular weight excluding hydrogens is 284 g/mol. The molecule has 0 saturated heterocycles. The fraction of sp³-hybridized carbons (Fsp3) is 0.350. The van der Waals surface area contributed by atoms with E-state index in [2.05, 4.69) is 34.9 Å². The van der Waals surface area contributed by atoms with E-state index in [9.17, 15) is 4.79 Å². The molecule has 3 rings (SSSR count). The summed E-state index contributed by atoms with van der Waals surface area (Å²) in [5.41, 5.74) is 6.99. The molecule has 2 aromatic carbocycles. The summed E-state index contributed by atoms with van der Waals surface area (Å²) in [6.45, 7) is 5.93. The van der Waals surface area contributed by atoms with Crippen molar-refractivity contribution in [2.45, 2.75) is 46.1 Å². The Morgan fingerprint density at radius 1 is 1.04 bits per heavy atom. The lowest BCUT2D eigenvalue weighted by molar-refractivity contribution is -0.116. The number of fused-ring (bicyclic) bond motifs is 1. The molecule has 3 heteroatoms. The highest BCUT2D eigenvalue weighted by Gasteiger charge is 2.16. The second kappa shape index (κ2) is 6.45. The molecule has 1 atom stereocenters. The van der Waals surface area contributed by atoms with E-state index in [1.165, 1.54) is 24.0 Å². The maximum absolute atomic E-state index is 12.4. The quantitative estimate of drug-likeness (QED) is 0.887. The van der Waals surface area contributed by atoms with E-state index >= 15 is 0 Å². The summed E-state index contributed by atoms with van der Waals surface area (Å²) in [5, 5.41) is 6.34. The Morgan fingerprint density at radius 3 is 2.65 bits per heavy atom. The van der Waals surface area contributed by atoms with Gasteiger partial charge >= 0.3 is 0 Å². The number of hydrogen-bond acceptors (Lipinski definition) is 2. The van der Waals surface area contributed by atoms with Gasteiger partial charge in [-0.15, -0.1) is 0 Å². The highest BCUT2D eigenvalue weighted by molar-refractivity contribution is 5.96. The van der Waals surface area contributed by atoms with Gasteiger partial charge in [0.05, 0.1) is 0 Å².